The zero-order chi connectivity index (χ0) is 8.43. The van der Waals surface area contributed by atoms with Gasteiger partial charge in [0, 0.05) is 9.92 Å². The molecule has 0 fully saturated rings. The first-order valence-electron chi connectivity index (χ1n) is 3.23. The topological polar surface area (TPSA) is 0 Å². The third-order valence-electron chi connectivity index (χ3n) is 1.42. The van der Waals surface area contributed by atoms with Crippen LogP contribution >= 0.6 is 35.8 Å². The van der Waals surface area contributed by atoms with E-state index in [0.717, 1.165) is 10.5 Å². The molecule has 1 rings (SSSR count). The van der Waals surface area contributed by atoms with Crippen LogP contribution in [0.5, 0.6) is 0 Å². The molecule has 0 spiro atoms. The van der Waals surface area contributed by atoms with Crippen LogP contribution in [0.1, 0.15) is 17.9 Å². The Bertz CT molecular complexity index is 258. The van der Waals surface area contributed by atoms with Crippen LogP contribution in [0.2, 0.25) is 5.02 Å². The molecule has 0 radical (unpaired) electrons. The van der Waals surface area contributed by atoms with Crippen molar-refractivity contribution in [3.63, 3.8) is 0 Å². The van der Waals surface area contributed by atoms with Crippen LogP contribution in [0, 0.1) is 0 Å². The van der Waals surface area contributed by atoms with Crippen molar-refractivity contribution in [2.24, 2.45) is 0 Å². The third-order valence-corrected chi connectivity index (χ3v) is 2.30. The van der Waals surface area contributed by atoms with Crippen molar-refractivity contribution in [1.29, 1.82) is 0 Å². The average Bonchev–Trinajstić information content (AvgIpc) is 1.94. The Hall–Kier alpha value is 0.150. The maximum absolute atomic E-state index is 5.87. The van der Waals surface area contributed by atoms with Gasteiger partial charge in [0.1, 0.15) is 0 Å². The van der Waals surface area contributed by atoms with Gasteiger partial charge in [0.2, 0.25) is 0 Å². The molecule has 0 aromatic heterocycles. The molecular weight excluding hydrogens is 199 g/mol. The van der Waals surface area contributed by atoms with E-state index in [-0.39, 0.29) is 5.38 Å². The van der Waals surface area contributed by atoms with Gasteiger partial charge in [0.05, 0.1) is 5.38 Å². The molecule has 0 heterocycles. The third kappa shape index (κ3) is 2.29. The number of benzene rings is 1. The summed E-state index contributed by atoms with van der Waals surface area (Å²) >= 11 is 15.9. The Morgan fingerprint density at radius 3 is 2.55 bits per heavy atom. The zero-order valence-corrected chi connectivity index (χ0v) is 8.42. The van der Waals surface area contributed by atoms with E-state index in [0.29, 0.717) is 5.02 Å². The second-order valence-corrected chi connectivity index (χ2v) is 3.89. The molecule has 1 atom stereocenters. The highest BCUT2D eigenvalue weighted by atomic mass is 35.5. The summed E-state index contributed by atoms with van der Waals surface area (Å²) in [5.74, 6) is 0. The van der Waals surface area contributed by atoms with Crippen molar-refractivity contribution in [1.82, 2.24) is 0 Å². The minimum atomic E-state index is -0.0406. The highest BCUT2D eigenvalue weighted by molar-refractivity contribution is 7.80. The summed E-state index contributed by atoms with van der Waals surface area (Å²) in [4.78, 5) is 0.886. The summed E-state index contributed by atoms with van der Waals surface area (Å²) in [6.07, 6.45) is 0. The van der Waals surface area contributed by atoms with Gasteiger partial charge >= 0.3 is 0 Å². The lowest BCUT2D eigenvalue weighted by atomic mass is 10.2. The summed E-state index contributed by atoms with van der Waals surface area (Å²) in [5.41, 5.74) is 0.975. The van der Waals surface area contributed by atoms with E-state index in [1.54, 1.807) is 6.07 Å². The molecule has 60 valence electrons. The van der Waals surface area contributed by atoms with Crippen LogP contribution in [0.3, 0.4) is 0 Å². The number of hydrogen-bond acceptors (Lipinski definition) is 1. The second kappa shape index (κ2) is 3.70. The molecule has 1 aromatic carbocycles. The Labute approximate surface area is 81.9 Å². The van der Waals surface area contributed by atoms with E-state index in [2.05, 4.69) is 12.6 Å². The van der Waals surface area contributed by atoms with Gasteiger partial charge in [-0.25, -0.2) is 0 Å². The number of alkyl halides is 1. The average molecular weight is 207 g/mol. The van der Waals surface area contributed by atoms with Crippen LogP contribution in [-0.2, 0) is 0 Å². The molecule has 0 amide bonds. The number of hydrogen-bond donors (Lipinski definition) is 1. The summed E-state index contributed by atoms with van der Waals surface area (Å²) in [7, 11) is 0. The SMILES string of the molecule is CC(Cl)c1cc(Cl)ccc1S. The van der Waals surface area contributed by atoms with E-state index >= 15 is 0 Å². The minimum Gasteiger partial charge on any atom is -0.143 e. The first-order chi connectivity index (χ1) is 5.11. The van der Waals surface area contributed by atoms with Crippen LogP contribution < -0.4 is 0 Å². The standard InChI is InChI=1S/C8H8Cl2S/c1-5(9)7-4-6(10)2-3-8(7)11/h2-5,11H,1H3. The molecule has 0 aliphatic rings. The summed E-state index contributed by atoms with van der Waals surface area (Å²) in [6, 6.07) is 5.48. The highest BCUT2D eigenvalue weighted by Gasteiger charge is 2.05. The maximum atomic E-state index is 5.87. The zero-order valence-electron chi connectivity index (χ0n) is 6.01. The highest BCUT2D eigenvalue weighted by Crippen LogP contribution is 2.28. The van der Waals surface area contributed by atoms with E-state index < -0.39 is 0 Å². The Balaban J connectivity index is 3.13. The monoisotopic (exact) mass is 206 g/mol. The Kier molecular flexibility index (Phi) is 3.11. The van der Waals surface area contributed by atoms with Crippen LogP contribution in [-0.4, -0.2) is 0 Å². The van der Waals surface area contributed by atoms with Crippen LogP contribution in [0.4, 0.5) is 0 Å². The first kappa shape index (κ1) is 9.24. The second-order valence-electron chi connectivity index (χ2n) is 2.32. The maximum Gasteiger partial charge on any atom is 0.0568 e. The van der Waals surface area contributed by atoms with Gasteiger partial charge in [0.25, 0.3) is 0 Å². The number of rotatable bonds is 1. The molecule has 0 saturated carbocycles. The lowest BCUT2D eigenvalue weighted by molar-refractivity contribution is 1.04. The summed E-state index contributed by atoms with van der Waals surface area (Å²) in [5, 5.41) is 0.659. The quantitative estimate of drug-likeness (QED) is 0.523. The van der Waals surface area contributed by atoms with Gasteiger partial charge in [-0.1, -0.05) is 11.6 Å². The molecular formula is C8H8Cl2S. The first-order valence-corrected chi connectivity index (χ1v) is 4.50. The summed E-state index contributed by atoms with van der Waals surface area (Å²) < 4.78 is 0. The fourth-order valence-corrected chi connectivity index (χ4v) is 1.61. The molecule has 0 nitrogen and oxygen atoms in total. The normalized spacial score (nSPS) is 13.1. The van der Waals surface area contributed by atoms with Crippen LogP contribution in [0.25, 0.3) is 0 Å². The fourth-order valence-electron chi connectivity index (χ4n) is 0.844. The molecule has 1 unspecified atom stereocenters. The van der Waals surface area contributed by atoms with Gasteiger partial charge in [0.15, 0.2) is 0 Å². The largest absolute Gasteiger partial charge is 0.143 e. The van der Waals surface area contributed by atoms with Gasteiger partial charge in [-0.05, 0) is 30.7 Å². The van der Waals surface area contributed by atoms with Crippen molar-refractivity contribution in [2.45, 2.75) is 17.2 Å². The van der Waals surface area contributed by atoms with Crippen molar-refractivity contribution in [3.8, 4) is 0 Å². The van der Waals surface area contributed by atoms with Crippen molar-refractivity contribution >= 4 is 35.8 Å². The predicted molar refractivity (Wildman–Crippen MR) is 53.0 cm³/mol. The van der Waals surface area contributed by atoms with E-state index in [4.69, 9.17) is 23.2 Å². The van der Waals surface area contributed by atoms with E-state index in [9.17, 15) is 0 Å². The van der Waals surface area contributed by atoms with E-state index in [1.165, 1.54) is 0 Å². The van der Waals surface area contributed by atoms with Crippen molar-refractivity contribution in [2.75, 3.05) is 0 Å². The Morgan fingerprint density at radius 2 is 2.09 bits per heavy atom. The molecule has 0 bridgehead atoms. The predicted octanol–water partition coefficient (Wildman–Crippen LogP) is 3.93. The van der Waals surface area contributed by atoms with Crippen LogP contribution in [0.15, 0.2) is 23.1 Å². The van der Waals surface area contributed by atoms with Gasteiger partial charge in [-0.2, -0.15) is 0 Å². The smallest absolute Gasteiger partial charge is 0.0568 e. The van der Waals surface area contributed by atoms with Gasteiger partial charge < -0.3 is 0 Å². The molecule has 3 heteroatoms. The number of thiol groups is 1. The Morgan fingerprint density at radius 1 is 1.45 bits per heavy atom. The molecule has 0 N–H and O–H groups in total. The lowest BCUT2D eigenvalue weighted by Gasteiger charge is -2.06. The number of halogens is 2. The minimum absolute atomic E-state index is 0.0406. The fraction of sp³-hybridized carbons (Fsp3) is 0.250. The molecule has 11 heavy (non-hydrogen) atoms. The molecule has 0 saturated heterocycles. The van der Waals surface area contributed by atoms with Crippen molar-refractivity contribution < 1.29 is 0 Å². The lowest BCUT2D eigenvalue weighted by Crippen LogP contribution is -1.85. The molecule has 0 aliphatic heterocycles. The van der Waals surface area contributed by atoms with Gasteiger partial charge in [-0.15, -0.1) is 24.2 Å². The molecule has 0 aliphatic carbocycles. The molecule has 1 aromatic rings. The van der Waals surface area contributed by atoms with Gasteiger partial charge in [-0.3, -0.25) is 0 Å². The summed E-state index contributed by atoms with van der Waals surface area (Å²) in [6.45, 7) is 1.90. The van der Waals surface area contributed by atoms with E-state index in [1.807, 2.05) is 19.1 Å². The van der Waals surface area contributed by atoms with Crippen molar-refractivity contribution in [3.05, 3.63) is 28.8 Å².